The number of benzene rings is 2. The summed E-state index contributed by atoms with van der Waals surface area (Å²) in [6.07, 6.45) is 0.806. The maximum absolute atomic E-state index is 12.1. The molecule has 0 radical (unpaired) electrons. The lowest BCUT2D eigenvalue weighted by Crippen LogP contribution is -2.50. The fraction of sp³-hybridized carbons (Fsp3) is 0.455. The highest BCUT2D eigenvalue weighted by Crippen LogP contribution is 2.39. The standard InChI is InChI=1S/C22H28N2O4/c1-3-27-20(25)23-16-22(12-14-24(15-13-22)21(26)28-4-2)19-11-7-9-17-8-5-6-10-18(17)19/h5-11H,3-4,12-16H2,1-2H3,(H,23,25). The van der Waals surface area contributed by atoms with Gasteiger partial charge in [-0.15, -0.1) is 0 Å². The largest absolute Gasteiger partial charge is 0.450 e. The minimum atomic E-state index is -0.407. The zero-order valence-corrected chi connectivity index (χ0v) is 16.6. The quantitative estimate of drug-likeness (QED) is 0.844. The van der Waals surface area contributed by atoms with Gasteiger partial charge in [0.25, 0.3) is 0 Å². The summed E-state index contributed by atoms with van der Waals surface area (Å²) in [6.45, 7) is 5.96. The van der Waals surface area contributed by atoms with Crippen LogP contribution in [0.25, 0.3) is 10.8 Å². The molecule has 0 unspecified atom stereocenters. The lowest BCUT2D eigenvalue weighted by atomic mass is 9.71. The van der Waals surface area contributed by atoms with Gasteiger partial charge in [-0.1, -0.05) is 42.5 Å². The molecular weight excluding hydrogens is 356 g/mol. The molecule has 1 aliphatic heterocycles. The second-order valence-corrected chi connectivity index (χ2v) is 7.07. The molecule has 0 atom stereocenters. The number of ether oxygens (including phenoxy) is 2. The van der Waals surface area contributed by atoms with E-state index in [-0.39, 0.29) is 11.5 Å². The molecule has 0 aliphatic carbocycles. The number of hydrogen-bond donors (Lipinski definition) is 1. The van der Waals surface area contributed by atoms with Crippen LogP contribution in [0.1, 0.15) is 32.3 Å². The number of carbonyl (C=O) groups is 2. The summed E-state index contributed by atoms with van der Waals surface area (Å²) in [6, 6.07) is 14.6. The van der Waals surface area contributed by atoms with Gasteiger partial charge in [0, 0.05) is 25.0 Å². The molecular formula is C22H28N2O4. The first-order valence-electron chi connectivity index (χ1n) is 9.90. The molecule has 0 spiro atoms. The molecule has 1 fully saturated rings. The van der Waals surface area contributed by atoms with Crippen LogP contribution in [0.5, 0.6) is 0 Å². The van der Waals surface area contributed by atoms with Gasteiger partial charge in [-0.3, -0.25) is 0 Å². The number of amides is 2. The van der Waals surface area contributed by atoms with Crippen molar-refractivity contribution in [3.05, 3.63) is 48.0 Å². The van der Waals surface area contributed by atoms with Gasteiger partial charge in [-0.2, -0.15) is 0 Å². The Morgan fingerprint density at radius 1 is 1.00 bits per heavy atom. The van der Waals surface area contributed by atoms with E-state index in [1.165, 1.54) is 16.3 Å². The smallest absolute Gasteiger partial charge is 0.409 e. The van der Waals surface area contributed by atoms with Crippen LogP contribution in [-0.2, 0) is 14.9 Å². The second kappa shape index (κ2) is 8.95. The number of likely N-dealkylation sites (tertiary alicyclic amines) is 1. The minimum Gasteiger partial charge on any atom is -0.450 e. The van der Waals surface area contributed by atoms with Gasteiger partial charge in [-0.05, 0) is 43.0 Å². The monoisotopic (exact) mass is 384 g/mol. The molecule has 1 aliphatic rings. The van der Waals surface area contributed by atoms with Gasteiger partial charge in [0.15, 0.2) is 0 Å². The third-order valence-electron chi connectivity index (χ3n) is 5.45. The molecule has 2 amide bonds. The van der Waals surface area contributed by atoms with Crippen molar-refractivity contribution in [2.24, 2.45) is 0 Å². The molecule has 1 N–H and O–H groups in total. The van der Waals surface area contributed by atoms with E-state index < -0.39 is 6.09 Å². The second-order valence-electron chi connectivity index (χ2n) is 7.07. The van der Waals surface area contributed by atoms with Crippen LogP contribution in [0, 0.1) is 0 Å². The summed E-state index contributed by atoms with van der Waals surface area (Å²) in [5.74, 6) is 0. The van der Waals surface area contributed by atoms with Gasteiger partial charge in [0.2, 0.25) is 0 Å². The number of piperidine rings is 1. The maximum Gasteiger partial charge on any atom is 0.409 e. The van der Waals surface area contributed by atoms with Crippen LogP contribution < -0.4 is 5.32 Å². The predicted octanol–water partition coefficient (Wildman–Crippen LogP) is 4.08. The molecule has 1 saturated heterocycles. The first kappa shape index (κ1) is 20.0. The van der Waals surface area contributed by atoms with E-state index >= 15 is 0 Å². The SMILES string of the molecule is CCOC(=O)NCC1(c2cccc3ccccc23)CCN(C(=O)OCC)CC1. The predicted molar refractivity (Wildman–Crippen MR) is 108 cm³/mol. The number of alkyl carbamates (subject to hydrolysis) is 1. The lowest BCUT2D eigenvalue weighted by molar-refractivity contribution is 0.0848. The summed E-state index contributed by atoms with van der Waals surface area (Å²) in [5, 5.41) is 5.28. The third kappa shape index (κ3) is 4.21. The minimum absolute atomic E-state index is 0.267. The molecule has 6 heteroatoms. The Hall–Kier alpha value is -2.76. The fourth-order valence-corrected chi connectivity index (χ4v) is 3.98. The Balaban J connectivity index is 1.90. The maximum atomic E-state index is 12.1. The average molecular weight is 384 g/mol. The van der Waals surface area contributed by atoms with Crippen molar-refractivity contribution in [3.8, 4) is 0 Å². The molecule has 0 bridgehead atoms. The molecule has 6 nitrogen and oxygen atoms in total. The van der Waals surface area contributed by atoms with E-state index in [4.69, 9.17) is 9.47 Å². The molecule has 150 valence electrons. The van der Waals surface area contributed by atoms with E-state index in [9.17, 15) is 9.59 Å². The van der Waals surface area contributed by atoms with Crippen LogP contribution in [0.4, 0.5) is 9.59 Å². The van der Waals surface area contributed by atoms with Gasteiger partial charge in [0.05, 0.1) is 13.2 Å². The number of nitrogens with one attached hydrogen (secondary N) is 1. The molecule has 0 saturated carbocycles. The first-order valence-corrected chi connectivity index (χ1v) is 9.90. The summed E-state index contributed by atoms with van der Waals surface area (Å²) >= 11 is 0. The van der Waals surface area contributed by atoms with Gasteiger partial charge in [0.1, 0.15) is 0 Å². The van der Waals surface area contributed by atoms with Crippen molar-refractivity contribution >= 4 is 23.0 Å². The Morgan fingerprint density at radius 3 is 2.39 bits per heavy atom. The highest BCUT2D eigenvalue weighted by molar-refractivity contribution is 5.87. The normalized spacial score (nSPS) is 15.9. The Kier molecular flexibility index (Phi) is 6.39. The van der Waals surface area contributed by atoms with E-state index in [1.54, 1.807) is 11.8 Å². The zero-order chi connectivity index (χ0) is 20.0. The number of fused-ring (bicyclic) bond motifs is 1. The lowest BCUT2D eigenvalue weighted by Gasteiger charge is -2.42. The van der Waals surface area contributed by atoms with Crippen molar-refractivity contribution in [3.63, 3.8) is 0 Å². The van der Waals surface area contributed by atoms with E-state index in [2.05, 4.69) is 35.6 Å². The fourth-order valence-electron chi connectivity index (χ4n) is 3.98. The Labute approximate surface area is 165 Å². The van der Waals surface area contributed by atoms with Gasteiger partial charge in [-0.25, -0.2) is 9.59 Å². The van der Waals surface area contributed by atoms with Crippen molar-refractivity contribution in [2.75, 3.05) is 32.8 Å². The van der Waals surface area contributed by atoms with Gasteiger partial charge < -0.3 is 19.7 Å². The molecule has 0 aromatic heterocycles. The van der Waals surface area contributed by atoms with Crippen LogP contribution in [-0.4, -0.2) is 49.9 Å². The number of hydrogen-bond acceptors (Lipinski definition) is 4. The van der Waals surface area contributed by atoms with Crippen LogP contribution in [0.15, 0.2) is 42.5 Å². The Bertz CT molecular complexity index is 823. The van der Waals surface area contributed by atoms with E-state index in [1.807, 2.05) is 19.1 Å². The summed E-state index contributed by atoms with van der Waals surface area (Å²) in [5.41, 5.74) is 0.933. The van der Waals surface area contributed by atoms with Crippen molar-refractivity contribution in [1.82, 2.24) is 10.2 Å². The van der Waals surface area contributed by atoms with Crippen molar-refractivity contribution < 1.29 is 19.1 Å². The number of nitrogens with zero attached hydrogens (tertiary/aromatic N) is 1. The molecule has 2 aromatic carbocycles. The molecule has 2 aromatic rings. The van der Waals surface area contributed by atoms with Crippen LogP contribution >= 0.6 is 0 Å². The molecule has 1 heterocycles. The average Bonchev–Trinajstić information content (AvgIpc) is 2.72. The van der Waals surface area contributed by atoms with Crippen LogP contribution in [0.3, 0.4) is 0 Å². The highest BCUT2D eigenvalue weighted by Gasteiger charge is 2.39. The third-order valence-corrected chi connectivity index (χ3v) is 5.45. The topological polar surface area (TPSA) is 67.9 Å². The first-order chi connectivity index (χ1) is 13.6. The zero-order valence-electron chi connectivity index (χ0n) is 16.6. The van der Waals surface area contributed by atoms with Gasteiger partial charge >= 0.3 is 12.2 Å². The number of rotatable bonds is 5. The Morgan fingerprint density at radius 2 is 1.68 bits per heavy atom. The summed E-state index contributed by atoms with van der Waals surface area (Å²) in [7, 11) is 0. The highest BCUT2D eigenvalue weighted by atomic mass is 16.6. The van der Waals surface area contributed by atoms with Crippen molar-refractivity contribution in [1.29, 1.82) is 0 Å². The molecule has 28 heavy (non-hydrogen) atoms. The molecule has 3 rings (SSSR count). The summed E-state index contributed by atoms with van der Waals surface area (Å²) in [4.78, 5) is 25.8. The van der Waals surface area contributed by atoms with Crippen LogP contribution in [0.2, 0.25) is 0 Å². The van der Waals surface area contributed by atoms with E-state index in [0.717, 1.165) is 12.8 Å². The van der Waals surface area contributed by atoms with Crippen molar-refractivity contribution in [2.45, 2.75) is 32.1 Å². The summed E-state index contributed by atoms with van der Waals surface area (Å²) < 4.78 is 10.2. The van der Waals surface area contributed by atoms with E-state index in [0.29, 0.717) is 32.8 Å². The number of carbonyl (C=O) groups excluding carboxylic acids is 2.